The summed E-state index contributed by atoms with van der Waals surface area (Å²) in [4.78, 5) is 14.8. The standard InChI is InChI=1S/C18H22ClNO3S/c19-15-1-3-17(4-2-15)24(22,23)11-18(21)20-10-14-6-12-5-13(7-14)9-16(20)8-12/h1-4,12-14,16H,5-11H2. The number of halogens is 1. The van der Waals surface area contributed by atoms with Gasteiger partial charge in [0.25, 0.3) is 0 Å². The molecule has 6 heteroatoms. The highest BCUT2D eigenvalue weighted by Gasteiger charge is 2.44. The number of carbonyl (C=O) groups excluding carboxylic acids is 1. The molecule has 24 heavy (non-hydrogen) atoms. The number of nitrogens with zero attached hydrogens (tertiary/aromatic N) is 1. The first-order chi connectivity index (χ1) is 11.4. The van der Waals surface area contributed by atoms with Crippen molar-refractivity contribution in [1.29, 1.82) is 0 Å². The summed E-state index contributed by atoms with van der Waals surface area (Å²) in [6.07, 6.45) is 5.83. The van der Waals surface area contributed by atoms with E-state index in [4.69, 9.17) is 11.6 Å². The molecule has 0 spiro atoms. The minimum Gasteiger partial charge on any atom is -0.339 e. The van der Waals surface area contributed by atoms with Gasteiger partial charge in [0.2, 0.25) is 5.91 Å². The van der Waals surface area contributed by atoms with Gasteiger partial charge in [0.15, 0.2) is 9.84 Å². The number of sulfone groups is 1. The minimum absolute atomic E-state index is 0.167. The van der Waals surface area contributed by atoms with E-state index in [2.05, 4.69) is 0 Å². The molecule has 0 aromatic heterocycles. The summed E-state index contributed by atoms with van der Waals surface area (Å²) in [5.74, 6) is 1.36. The quantitative estimate of drug-likeness (QED) is 0.824. The van der Waals surface area contributed by atoms with Crippen molar-refractivity contribution in [2.45, 2.75) is 43.0 Å². The van der Waals surface area contributed by atoms with Gasteiger partial charge in [-0.2, -0.15) is 0 Å². The Morgan fingerprint density at radius 1 is 1.00 bits per heavy atom. The minimum atomic E-state index is -3.62. The van der Waals surface area contributed by atoms with Gasteiger partial charge in [-0.15, -0.1) is 0 Å². The largest absolute Gasteiger partial charge is 0.339 e. The molecule has 2 saturated carbocycles. The van der Waals surface area contributed by atoms with Crippen molar-refractivity contribution in [1.82, 2.24) is 4.90 Å². The van der Waals surface area contributed by atoms with Crippen molar-refractivity contribution in [3.8, 4) is 0 Å². The maximum Gasteiger partial charge on any atom is 0.238 e. The number of fused-ring (bicyclic) bond motifs is 1. The Balaban J connectivity index is 1.52. The normalized spacial score (nSPS) is 32.0. The number of amides is 1. The molecular formula is C18H22ClNO3S. The second-order valence-electron chi connectivity index (χ2n) is 7.69. The smallest absolute Gasteiger partial charge is 0.238 e. The Kier molecular flexibility index (Phi) is 4.12. The summed E-state index contributed by atoms with van der Waals surface area (Å²) in [5.41, 5.74) is 0. The van der Waals surface area contributed by atoms with Crippen molar-refractivity contribution in [2.75, 3.05) is 12.3 Å². The van der Waals surface area contributed by atoms with E-state index in [0.717, 1.165) is 31.2 Å². The van der Waals surface area contributed by atoms with Crippen LogP contribution in [0.2, 0.25) is 5.02 Å². The van der Waals surface area contributed by atoms with Gasteiger partial charge in [-0.25, -0.2) is 8.42 Å². The topological polar surface area (TPSA) is 54.5 Å². The van der Waals surface area contributed by atoms with Gasteiger partial charge in [-0.05, 0) is 74.1 Å². The van der Waals surface area contributed by atoms with Crippen LogP contribution >= 0.6 is 11.6 Å². The molecule has 4 bridgehead atoms. The van der Waals surface area contributed by atoms with E-state index in [1.165, 1.54) is 31.4 Å². The first kappa shape index (κ1) is 16.4. The van der Waals surface area contributed by atoms with Gasteiger partial charge in [-0.3, -0.25) is 4.79 Å². The number of rotatable bonds is 3. The zero-order valence-corrected chi connectivity index (χ0v) is 15.1. The van der Waals surface area contributed by atoms with E-state index in [-0.39, 0.29) is 16.8 Å². The van der Waals surface area contributed by atoms with Crippen molar-refractivity contribution in [3.63, 3.8) is 0 Å². The number of hydrogen-bond donors (Lipinski definition) is 0. The van der Waals surface area contributed by atoms with E-state index in [9.17, 15) is 13.2 Å². The van der Waals surface area contributed by atoms with Crippen LogP contribution in [0.3, 0.4) is 0 Å². The van der Waals surface area contributed by atoms with E-state index >= 15 is 0 Å². The van der Waals surface area contributed by atoms with E-state index in [0.29, 0.717) is 10.9 Å². The maximum atomic E-state index is 12.8. The zero-order valence-electron chi connectivity index (χ0n) is 13.5. The van der Waals surface area contributed by atoms with Crippen LogP contribution < -0.4 is 0 Å². The summed E-state index contributed by atoms with van der Waals surface area (Å²) >= 11 is 5.82. The monoisotopic (exact) mass is 367 g/mol. The highest BCUT2D eigenvalue weighted by atomic mass is 35.5. The van der Waals surface area contributed by atoms with E-state index in [1.807, 2.05) is 4.90 Å². The van der Waals surface area contributed by atoms with Crippen LogP contribution in [0.4, 0.5) is 0 Å². The molecule has 2 saturated heterocycles. The third kappa shape index (κ3) is 3.08. The van der Waals surface area contributed by atoms with Crippen molar-refractivity contribution in [3.05, 3.63) is 29.3 Å². The molecule has 0 N–H and O–H groups in total. The molecule has 1 amide bonds. The molecule has 2 aliphatic carbocycles. The Morgan fingerprint density at radius 2 is 1.58 bits per heavy atom. The fourth-order valence-corrected chi connectivity index (χ4v) is 6.39. The van der Waals surface area contributed by atoms with E-state index < -0.39 is 15.6 Å². The molecular weight excluding hydrogens is 346 g/mol. The van der Waals surface area contributed by atoms with Gasteiger partial charge in [-0.1, -0.05) is 11.6 Å². The molecule has 1 aromatic rings. The average Bonchev–Trinajstić information content (AvgIpc) is 2.71. The Labute approximate surface area is 148 Å². The lowest BCUT2D eigenvalue weighted by atomic mass is 9.68. The number of carbonyl (C=O) groups is 1. The van der Waals surface area contributed by atoms with Gasteiger partial charge < -0.3 is 4.90 Å². The van der Waals surface area contributed by atoms with Gasteiger partial charge >= 0.3 is 0 Å². The highest BCUT2D eigenvalue weighted by molar-refractivity contribution is 7.92. The summed E-state index contributed by atoms with van der Waals surface area (Å²) in [6, 6.07) is 6.28. The van der Waals surface area contributed by atoms with Gasteiger partial charge in [0.1, 0.15) is 5.75 Å². The van der Waals surface area contributed by atoms with Crippen molar-refractivity contribution < 1.29 is 13.2 Å². The van der Waals surface area contributed by atoms with Crippen LogP contribution in [0.1, 0.15) is 32.1 Å². The predicted octanol–water partition coefficient (Wildman–Crippen LogP) is 3.15. The summed E-state index contributed by atoms with van der Waals surface area (Å²) in [7, 11) is -3.62. The third-order valence-corrected chi connectivity index (χ3v) is 7.78. The lowest BCUT2D eigenvalue weighted by molar-refractivity contribution is -0.131. The number of hydrogen-bond acceptors (Lipinski definition) is 3. The Hall–Kier alpha value is -1.07. The summed E-state index contributed by atoms with van der Waals surface area (Å²) < 4.78 is 25.1. The molecule has 4 fully saturated rings. The molecule has 1 aromatic carbocycles. The molecule has 4 nitrogen and oxygen atoms in total. The second-order valence-corrected chi connectivity index (χ2v) is 10.1. The van der Waals surface area contributed by atoms with Gasteiger partial charge in [0, 0.05) is 17.6 Å². The fourth-order valence-electron chi connectivity index (χ4n) is 5.06. The lowest BCUT2D eigenvalue weighted by Gasteiger charge is -2.39. The van der Waals surface area contributed by atoms with Crippen molar-refractivity contribution >= 4 is 27.3 Å². The van der Waals surface area contributed by atoms with Crippen LogP contribution in [-0.2, 0) is 14.6 Å². The maximum absolute atomic E-state index is 12.8. The van der Waals surface area contributed by atoms with Gasteiger partial charge in [0.05, 0.1) is 4.90 Å². The average molecular weight is 368 g/mol. The molecule has 2 heterocycles. The molecule has 2 unspecified atom stereocenters. The predicted molar refractivity (Wildman–Crippen MR) is 92.6 cm³/mol. The van der Waals surface area contributed by atoms with Crippen LogP contribution in [-0.4, -0.2) is 37.6 Å². The molecule has 2 atom stereocenters. The van der Waals surface area contributed by atoms with Crippen LogP contribution in [0.5, 0.6) is 0 Å². The van der Waals surface area contributed by atoms with Crippen LogP contribution in [0.15, 0.2) is 29.2 Å². The fraction of sp³-hybridized carbons (Fsp3) is 0.611. The Bertz CT molecular complexity index is 732. The molecule has 4 aliphatic rings. The molecule has 2 aliphatic heterocycles. The third-order valence-electron chi connectivity index (χ3n) is 5.91. The molecule has 130 valence electrons. The van der Waals surface area contributed by atoms with Crippen LogP contribution in [0.25, 0.3) is 0 Å². The summed E-state index contributed by atoms with van der Waals surface area (Å²) in [5, 5.41) is 0.487. The molecule has 5 rings (SSSR count). The number of benzene rings is 1. The Morgan fingerprint density at radius 3 is 2.21 bits per heavy atom. The SMILES string of the molecule is O=C(CS(=O)(=O)c1ccc(Cl)cc1)N1CC2CC3CC(C2)CC1C3. The van der Waals surface area contributed by atoms with Crippen LogP contribution in [0, 0.1) is 17.8 Å². The van der Waals surface area contributed by atoms with E-state index in [1.54, 1.807) is 12.1 Å². The second kappa shape index (κ2) is 6.03. The highest BCUT2D eigenvalue weighted by Crippen LogP contribution is 2.47. The zero-order chi connectivity index (χ0) is 16.9. The lowest BCUT2D eigenvalue weighted by Crippen LogP contribution is -2.44. The molecule has 0 radical (unpaired) electrons. The van der Waals surface area contributed by atoms with Crippen molar-refractivity contribution in [2.24, 2.45) is 17.8 Å². The first-order valence-electron chi connectivity index (χ1n) is 8.68. The first-order valence-corrected chi connectivity index (χ1v) is 10.7. The summed E-state index contributed by atoms with van der Waals surface area (Å²) in [6.45, 7) is 0.743.